The van der Waals surface area contributed by atoms with E-state index in [9.17, 15) is 4.79 Å². The lowest BCUT2D eigenvalue weighted by Gasteiger charge is -2.32. The number of ether oxygens (including phenoxy) is 1. The highest BCUT2D eigenvalue weighted by Crippen LogP contribution is 2.23. The maximum Gasteiger partial charge on any atom is 0.319 e. The van der Waals surface area contributed by atoms with Crippen molar-refractivity contribution in [2.24, 2.45) is 5.92 Å². The van der Waals surface area contributed by atoms with Gasteiger partial charge in [-0.05, 0) is 30.9 Å². The lowest BCUT2D eigenvalue weighted by atomic mass is 9.97. The molecule has 1 aromatic carbocycles. The maximum absolute atomic E-state index is 12.1. The average Bonchev–Trinajstić information content (AvgIpc) is 2.72. The molecular weight excluding hydrogens is 344 g/mol. The highest BCUT2D eigenvalue weighted by Gasteiger charge is 2.22. The van der Waals surface area contributed by atoms with Crippen LogP contribution in [0, 0.1) is 17.2 Å². The number of rotatable bonds is 5. The van der Waals surface area contributed by atoms with Crippen molar-refractivity contribution in [1.82, 2.24) is 15.3 Å². The summed E-state index contributed by atoms with van der Waals surface area (Å²) in [6, 6.07) is 9.09. The monoisotopic (exact) mass is 366 g/mol. The van der Waals surface area contributed by atoms with Gasteiger partial charge in [-0.2, -0.15) is 5.26 Å². The minimum absolute atomic E-state index is 0.230. The van der Waals surface area contributed by atoms with Gasteiger partial charge < -0.3 is 20.3 Å². The summed E-state index contributed by atoms with van der Waals surface area (Å²) in [7, 11) is 1.59. The van der Waals surface area contributed by atoms with Crippen molar-refractivity contribution in [2.75, 3.05) is 37.0 Å². The predicted molar refractivity (Wildman–Crippen MR) is 102 cm³/mol. The standard InChI is InChI=1S/C19H22N6O2/c1-27-16-4-2-3-15(11-16)24-19(26)23-13-14-5-9-25(10-6-14)18-17(12-20)21-7-8-22-18/h2-4,7-8,11,14H,5-6,9-10,13H2,1H3,(H2,23,24,26). The summed E-state index contributed by atoms with van der Waals surface area (Å²) in [6.45, 7) is 2.18. The van der Waals surface area contributed by atoms with Crippen LogP contribution in [0.3, 0.4) is 0 Å². The van der Waals surface area contributed by atoms with Crippen molar-refractivity contribution < 1.29 is 9.53 Å². The Bertz CT molecular complexity index is 827. The van der Waals surface area contributed by atoms with Gasteiger partial charge in [0.1, 0.15) is 11.8 Å². The number of methoxy groups -OCH3 is 1. The average molecular weight is 366 g/mol. The zero-order chi connectivity index (χ0) is 19.1. The van der Waals surface area contributed by atoms with Gasteiger partial charge in [-0.15, -0.1) is 0 Å². The third kappa shape index (κ3) is 4.85. The summed E-state index contributed by atoms with van der Waals surface area (Å²) < 4.78 is 5.15. The van der Waals surface area contributed by atoms with Crippen LogP contribution in [-0.4, -0.2) is 42.7 Å². The number of benzene rings is 1. The van der Waals surface area contributed by atoms with E-state index < -0.39 is 0 Å². The first kappa shape index (κ1) is 18.5. The van der Waals surface area contributed by atoms with Crippen molar-refractivity contribution >= 4 is 17.5 Å². The number of carbonyl (C=O) groups is 1. The van der Waals surface area contributed by atoms with Crippen LogP contribution in [0.1, 0.15) is 18.5 Å². The number of urea groups is 1. The second-order valence-corrected chi connectivity index (χ2v) is 6.34. The van der Waals surface area contributed by atoms with E-state index in [1.54, 1.807) is 19.4 Å². The molecule has 1 aliphatic heterocycles. The van der Waals surface area contributed by atoms with Crippen molar-refractivity contribution in [3.8, 4) is 11.8 Å². The van der Waals surface area contributed by atoms with E-state index >= 15 is 0 Å². The van der Waals surface area contributed by atoms with Crippen LogP contribution in [-0.2, 0) is 0 Å². The van der Waals surface area contributed by atoms with Gasteiger partial charge in [0, 0.05) is 43.8 Å². The number of nitrogens with zero attached hydrogens (tertiary/aromatic N) is 4. The SMILES string of the molecule is COc1cccc(NC(=O)NCC2CCN(c3nccnc3C#N)CC2)c1. The fraction of sp³-hybridized carbons (Fsp3) is 0.368. The summed E-state index contributed by atoms with van der Waals surface area (Å²) in [6.07, 6.45) is 4.97. The molecule has 0 atom stereocenters. The Labute approximate surface area is 158 Å². The van der Waals surface area contributed by atoms with Gasteiger partial charge in [0.05, 0.1) is 7.11 Å². The topological polar surface area (TPSA) is 103 Å². The van der Waals surface area contributed by atoms with E-state index in [0.29, 0.717) is 35.4 Å². The number of anilines is 2. The number of nitriles is 1. The second kappa shape index (κ2) is 8.85. The van der Waals surface area contributed by atoms with E-state index in [4.69, 9.17) is 10.00 Å². The maximum atomic E-state index is 12.1. The van der Waals surface area contributed by atoms with Crippen molar-refractivity contribution in [3.05, 3.63) is 42.4 Å². The molecule has 27 heavy (non-hydrogen) atoms. The molecule has 0 spiro atoms. The van der Waals surface area contributed by atoms with Gasteiger partial charge in [-0.3, -0.25) is 0 Å². The molecule has 0 aliphatic carbocycles. The predicted octanol–water partition coefficient (Wildman–Crippen LogP) is 2.39. The first-order valence-electron chi connectivity index (χ1n) is 8.84. The molecule has 0 unspecified atom stereocenters. The Hall–Kier alpha value is -3.34. The van der Waals surface area contributed by atoms with Gasteiger partial charge in [-0.25, -0.2) is 14.8 Å². The number of carbonyl (C=O) groups excluding carboxylic acids is 1. The molecule has 0 saturated carbocycles. The number of nitrogens with one attached hydrogen (secondary N) is 2. The van der Waals surface area contributed by atoms with Crippen LogP contribution in [0.4, 0.5) is 16.3 Å². The Morgan fingerprint density at radius 2 is 2.11 bits per heavy atom. The van der Waals surface area contributed by atoms with Gasteiger partial charge >= 0.3 is 6.03 Å². The van der Waals surface area contributed by atoms with Gasteiger partial charge in [0.25, 0.3) is 0 Å². The number of piperidine rings is 1. The molecule has 2 amide bonds. The Kier molecular flexibility index (Phi) is 6.05. The highest BCUT2D eigenvalue weighted by atomic mass is 16.5. The Morgan fingerprint density at radius 1 is 1.33 bits per heavy atom. The summed E-state index contributed by atoms with van der Waals surface area (Å²) in [5, 5.41) is 14.9. The van der Waals surface area contributed by atoms with E-state index in [-0.39, 0.29) is 6.03 Å². The van der Waals surface area contributed by atoms with Gasteiger partial charge in [0.2, 0.25) is 0 Å². The summed E-state index contributed by atoms with van der Waals surface area (Å²) >= 11 is 0. The molecule has 1 aliphatic rings. The van der Waals surface area contributed by atoms with Gasteiger partial charge in [0.15, 0.2) is 11.5 Å². The first-order valence-corrected chi connectivity index (χ1v) is 8.84. The van der Waals surface area contributed by atoms with Crippen molar-refractivity contribution in [3.63, 3.8) is 0 Å². The number of hydrogen-bond donors (Lipinski definition) is 2. The number of hydrogen-bond acceptors (Lipinski definition) is 6. The third-order valence-electron chi connectivity index (χ3n) is 4.58. The molecule has 1 aromatic heterocycles. The summed E-state index contributed by atoms with van der Waals surface area (Å²) in [5.74, 6) is 1.72. The van der Waals surface area contributed by atoms with Crippen LogP contribution in [0.25, 0.3) is 0 Å². The zero-order valence-corrected chi connectivity index (χ0v) is 15.2. The Balaban J connectivity index is 1.45. The quantitative estimate of drug-likeness (QED) is 0.842. The van der Waals surface area contributed by atoms with Crippen LogP contribution < -0.4 is 20.3 Å². The largest absolute Gasteiger partial charge is 0.497 e. The van der Waals surface area contributed by atoms with E-state index in [1.807, 2.05) is 18.2 Å². The van der Waals surface area contributed by atoms with Crippen LogP contribution >= 0.6 is 0 Å². The van der Waals surface area contributed by atoms with Crippen LogP contribution in [0.2, 0.25) is 0 Å². The molecule has 3 rings (SSSR count). The molecule has 8 heteroatoms. The molecule has 1 fully saturated rings. The van der Waals surface area contributed by atoms with E-state index in [0.717, 1.165) is 25.9 Å². The molecular formula is C19H22N6O2. The van der Waals surface area contributed by atoms with E-state index in [2.05, 4.69) is 31.6 Å². The number of amides is 2. The number of aromatic nitrogens is 2. The first-order chi connectivity index (χ1) is 13.2. The zero-order valence-electron chi connectivity index (χ0n) is 15.2. The minimum Gasteiger partial charge on any atom is -0.497 e. The fourth-order valence-corrected chi connectivity index (χ4v) is 3.10. The smallest absolute Gasteiger partial charge is 0.319 e. The molecule has 0 radical (unpaired) electrons. The lowest BCUT2D eigenvalue weighted by Crippen LogP contribution is -2.40. The molecule has 140 valence electrons. The summed E-state index contributed by atoms with van der Waals surface area (Å²) in [4.78, 5) is 22.5. The van der Waals surface area contributed by atoms with Crippen LogP contribution in [0.5, 0.6) is 5.75 Å². The highest BCUT2D eigenvalue weighted by molar-refractivity contribution is 5.89. The lowest BCUT2D eigenvalue weighted by molar-refractivity contribution is 0.248. The van der Waals surface area contributed by atoms with Crippen molar-refractivity contribution in [2.45, 2.75) is 12.8 Å². The molecule has 1 saturated heterocycles. The molecule has 2 N–H and O–H groups in total. The molecule has 8 nitrogen and oxygen atoms in total. The fourth-order valence-electron chi connectivity index (χ4n) is 3.10. The Morgan fingerprint density at radius 3 is 2.85 bits per heavy atom. The normalized spacial score (nSPS) is 14.3. The molecule has 2 aromatic rings. The molecule has 2 heterocycles. The summed E-state index contributed by atoms with van der Waals surface area (Å²) in [5.41, 5.74) is 1.04. The van der Waals surface area contributed by atoms with Crippen molar-refractivity contribution in [1.29, 1.82) is 5.26 Å². The minimum atomic E-state index is -0.230. The second-order valence-electron chi connectivity index (χ2n) is 6.34. The molecule has 0 bridgehead atoms. The third-order valence-corrected chi connectivity index (χ3v) is 4.58. The van der Waals surface area contributed by atoms with E-state index in [1.165, 1.54) is 6.20 Å². The van der Waals surface area contributed by atoms with Gasteiger partial charge in [-0.1, -0.05) is 6.07 Å². The van der Waals surface area contributed by atoms with Crippen LogP contribution in [0.15, 0.2) is 36.7 Å².